The molecule has 0 spiro atoms. The summed E-state index contributed by atoms with van der Waals surface area (Å²) in [7, 11) is 0. The number of benzene rings is 1. The maximum absolute atomic E-state index is 12.1. The normalized spacial score (nSPS) is 15.9. The van der Waals surface area contributed by atoms with Crippen molar-refractivity contribution in [3.63, 3.8) is 0 Å². The maximum Gasteiger partial charge on any atom is 0.407 e. The van der Waals surface area contributed by atoms with E-state index >= 15 is 0 Å². The van der Waals surface area contributed by atoms with Crippen LogP contribution in [0.2, 0.25) is 0 Å². The molecule has 2 rings (SSSR count). The van der Waals surface area contributed by atoms with Gasteiger partial charge in [0.1, 0.15) is 12.1 Å². The SMILES string of the molecule is [C-]#[N+]c1ccc(C2=NOC(CC(=O)NCC(NC(=O)OCCCC)C(=O)O)C2)cc1. The Morgan fingerprint density at radius 2 is 2.10 bits per heavy atom. The lowest BCUT2D eigenvalue weighted by molar-refractivity contribution is -0.139. The third-order valence-electron chi connectivity index (χ3n) is 4.30. The molecule has 0 aliphatic carbocycles. The predicted molar refractivity (Wildman–Crippen MR) is 107 cm³/mol. The average Bonchev–Trinajstić information content (AvgIpc) is 3.19. The molecule has 0 saturated carbocycles. The summed E-state index contributed by atoms with van der Waals surface area (Å²) in [5.74, 6) is -1.71. The molecule has 10 heteroatoms. The van der Waals surface area contributed by atoms with Gasteiger partial charge in [-0.3, -0.25) is 4.79 Å². The number of carboxylic acids is 1. The maximum atomic E-state index is 12.1. The number of amides is 2. The molecule has 160 valence electrons. The van der Waals surface area contributed by atoms with Crippen molar-refractivity contribution in [1.82, 2.24) is 10.6 Å². The number of carbonyl (C=O) groups is 3. The molecule has 30 heavy (non-hydrogen) atoms. The van der Waals surface area contributed by atoms with Gasteiger partial charge in [0.05, 0.1) is 25.3 Å². The summed E-state index contributed by atoms with van der Waals surface area (Å²) in [6.45, 7) is 8.81. The molecule has 1 heterocycles. The van der Waals surface area contributed by atoms with Crippen LogP contribution in [0.25, 0.3) is 4.85 Å². The van der Waals surface area contributed by atoms with E-state index in [2.05, 4.69) is 20.6 Å². The number of carbonyl (C=O) groups excluding carboxylic acids is 2. The van der Waals surface area contributed by atoms with Gasteiger partial charge in [-0.05, 0) is 12.0 Å². The molecule has 1 aliphatic heterocycles. The first-order valence-electron chi connectivity index (χ1n) is 9.56. The lowest BCUT2D eigenvalue weighted by Crippen LogP contribution is -2.48. The zero-order valence-electron chi connectivity index (χ0n) is 16.6. The van der Waals surface area contributed by atoms with E-state index in [-0.39, 0.29) is 19.6 Å². The third-order valence-corrected chi connectivity index (χ3v) is 4.30. The van der Waals surface area contributed by atoms with Crippen molar-refractivity contribution in [3.05, 3.63) is 41.2 Å². The molecule has 0 fully saturated rings. The molecule has 1 aromatic carbocycles. The number of hydrogen-bond acceptors (Lipinski definition) is 6. The van der Waals surface area contributed by atoms with E-state index in [0.717, 1.165) is 12.0 Å². The van der Waals surface area contributed by atoms with Crippen molar-refractivity contribution in [2.75, 3.05) is 13.2 Å². The van der Waals surface area contributed by atoms with Gasteiger partial charge in [0.25, 0.3) is 0 Å². The number of nitrogens with one attached hydrogen (secondary N) is 2. The minimum absolute atomic E-state index is 0.0135. The lowest BCUT2D eigenvalue weighted by atomic mass is 10.0. The standard InChI is InChI=1S/C20H24N4O6/c1-3-4-9-29-20(28)23-17(19(26)27)12-22-18(25)11-15-10-16(24-30-15)13-5-7-14(21-2)8-6-13/h5-8,15,17H,3-4,9-12H2,1H3,(H,22,25)(H,23,28)(H,26,27). The summed E-state index contributed by atoms with van der Waals surface area (Å²) >= 11 is 0. The fourth-order valence-electron chi connectivity index (χ4n) is 2.62. The van der Waals surface area contributed by atoms with E-state index < -0.39 is 30.1 Å². The molecular weight excluding hydrogens is 392 g/mol. The summed E-state index contributed by atoms with van der Waals surface area (Å²) in [5, 5.41) is 17.9. The van der Waals surface area contributed by atoms with Gasteiger partial charge in [-0.15, -0.1) is 0 Å². The highest BCUT2D eigenvalue weighted by atomic mass is 16.6. The summed E-state index contributed by atoms with van der Waals surface area (Å²) in [4.78, 5) is 43.6. The third kappa shape index (κ3) is 7.09. The van der Waals surface area contributed by atoms with Crippen LogP contribution >= 0.6 is 0 Å². The van der Waals surface area contributed by atoms with Crippen molar-refractivity contribution < 1.29 is 29.1 Å². The van der Waals surface area contributed by atoms with Gasteiger partial charge >= 0.3 is 12.1 Å². The second-order valence-corrected chi connectivity index (χ2v) is 6.66. The van der Waals surface area contributed by atoms with Crippen LogP contribution in [0.3, 0.4) is 0 Å². The lowest BCUT2D eigenvalue weighted by Gasteiger charge is -2.16. The molecule has 0 saturated heterocycles. The van der Waals surface area contributed by atoms with Crippen LogP contribution in [0.15, 0.2) is 29.4 Å². The highest BCUT2D eigenvalue weighted by Crippen LogP contribution is 2.21. The van der Waals surface area contributed by atoms with Crippen molar-refractivity contribution in [2.45, 2.75) is 44.8 Å². The monoisotopic (exact) mass is 416 g/mol. The molecule has 0 radical (unpaired) electrons. The topological polar surface area (TPSA) is 131 Å². The summed E-state index contributed by atoms with van der Waals surface area (Å²) < 4.78 is 4.87. The Labute approximate surface area is 174 Å². The fraction of sp³-hybridized carbons (Fsp3) is 0.450. The fourth-order valence-corrected chi connectivity index (χ4v) is 2.62. The number of aliphatic carboxylic acids is 1. The average molecular weight is 416 g/mol. The molecule has 1 aliphatic rings. The number of ether oxygens (including phenoxy) is 1. The number of alkyl carbamates (subject to hydrolysis) is 1. The van der Waals surface area contributed by atoms with Crippen LogP contribution in [0.4, 0.5) is 10.5 Å². The van der Waals surface area contributed by atoms with Gasteiger partial charge in [-0.2, -0.15) is 0 Å². The van der Waals surface area contributed by atoms with Crippen LogP contribution in [0.1, 0.15) is 38.2 Å². The molecule has 3 N–H and O–H groups in total. The quantitative estimate of drug-likeness (QED) is 0.396. The van der Waals surface area contributed by atoms with E-state index in [1.807, 2.05) is 6.92 Å². The van der Waals surface area contributed by atoms with Gasteiger partial charge in [0, 0.05) is 13.0 Å². The van der Waals surface area contributed by atoms with E-state index in [0.29, 0.717) is 24.2 Å². The van der Waals surface area contributed by atoms with Gasteiger partial charge in [0.2, 0.25) is 5.91 Å². The van der Waals surface area contributed by atoms with Crippen molar-refractivity contribution >= 4 is 29.4 Å². The molecule has 2 atom stereocenters. The Morgan fingerprint density at radius 3 is 2.73 bits per heavy atom. The van der Waals surface area contributed by atoms with Crippen molar-refractivity contribution in [3.8, 4) is 0 Å². The Bertz CT molecular complexity index is 831. The van der Waals surface area contributed by atoms with Crippen LogP contribution in [0.5, 0.6) is 0 Å². The van der Waals surface area contributed by atoms with Crippen molar-refractivity contribution in [1.29, 1.82) is 0 Å². The molecule has 2 amide bonds. The molecule has 0 aromatic heterocycles. The van der Waals surface area contributed by atoms with Gasteiger partial charge in [0.15, 0.2) is 5.69 Å². The molecule has 0 bridgehead atoms. The van der Waals surface area contributed by atoms with Crippen LogP contribution in [-0.2, 0) is 19.2 Å². The van der Waals surface area contributed by atoms with Crippen molar-refractivity contribution in [2.24, 2.45) is 5.16 Å². The second-order valence-electron chi connectivity index (χ2n) is 6.66. The number of unbranched alkanes of at least 4 members (excludes halogenated alkanes) is 1. The van der Waals surface area contributed by atoms with E-state index in [4.69, 9.17) is 16.1 Å². The molecule has 1 aromatic rings. The minimum Gasteiger partial charge on any atom is -0.480 e. The summed E-state index contributed by atoms with van der Waals surface area (Å²) in [5.41, 5.74) is 2.00. The van der Waals surface area contributed by atoms with E-state index in [1.165, 1.54) is 0 Å². The van der Waals surface area contributed by atoms with Gasteiger partial charge in [-0.1, -0.05) is 42.8 Å². The van der Waals surface area contributed by atoms with Gasteiger partial charge < -0.3 is 25.3 Å². The minimum atomic E-state index is -1.31. The largest absolute Gasteiger partial charge is 0.480 e. The Hall–Kier alpha value is -3.61. The first-order valence-corrected chi connectivity index (χ1v) is 9.56. The predicted octanol–water partition coefficient (Wildman–Crippen LogP) is 2.22. The van der Waals surface area contributed by atoms with Crippen LogP contribution in [-0.4, -0.2) is 54.1 Å². The number of carboxylic acid groups (broad SMARTS) is 1. The zero-order chi connectivity index (χ0) is 21.9. The van der Waals surface area contributed by atoms with Crippen LogP contribution < -0.4 is 10.6 Å². The Morgan fingerprint density at radius 1 is 1.37 bits per heavy atom. The highest BCUT2D eigenvalue weighted by Gasteiger charge is 2.26. The Kier molecular flexibility index (Phi) is 8.62. The first-order chi connectivity index (χ1) is 14.4. The zero-order valence-corrected chi connectivity index (χ0v) is 16.6. The Balaban J connectivity index is 1.76. The molecule has 2 unspecified atom stereocenters. The smallest absolute Gasteiger partial charge is 0.407 e. The highest BCUT2D eigenvalue weighted by molar-refractivity contribution is 6.01. The number of nitrogens with zero attached hydrogens (tertiary/aromatic N) is 2. The van der Waals surface area contributed by atoms with Crippen LogP contribution in [0, 0.1) is 6.57 Å². The number of oxime groups is 1. The first kappa shape index (κ1) is 22.7. The number of hydrogen-bond donors (Lipinski definition) is 3. The van der Waals surface area contributed by atoms with E-state index in [9.17, 15) is 19.5 Å². The molecular formula is C20H24N4O6. The van der Waals surface area contributed by atoms with Gasteiger partial charge in [-0.25, -0.2) is 14.4 Å². The number of rotatable bonds is 10. The second kappa shape index (κ2) is 11.4. The summed E-state index contributed by atoms with van der Waals surface area (Å²) in [6.07, 6.45) is 0.599. The summed E-state index contributed by atoms with van der Waals surface area (Å²) in [6, 6.07) is 5.58. The van der Waals surface area contributed by atoms with E-state index in [1.54, 1.807) is 24.3 Å². The molecule has 10 nitrogen and oxygen atoms in total.